The SMILES string of the molecule is CC(NC(=O)c1ccc(F)cc1)c1nc2ccccc2n1Cc1ccc(Cl)cc1. The van der Waals surface area contributed by atoms with Crippen molar-refractivity contribution in [3.8, 4) is 0 Å². The number of halogens is 2. The highest BCUT2D eigenvalue weighted by Crippen LogP contribution is 2.23. The lowest BCUT2D eigenvalue weighted by Crippen LogP contribution is -2.28. The third kappa shape index (κ3) is 4.15. The van der Waals surface area contributed by atoms with Gasteiger partial charge in [-0.1, -0.05) is 35.9 Å². The molecule has 1 N–H and O–H groups in total. The molecule has 1 unspecified atom stereocenters. The molecule has 4 rings (SSSR count). The molecule has 0 radical (unpaired) electrons. The molecule has 4 nitrogen and oxygen atoms in total. The van der Waals surface area contributed by atoms with Gasteiger partial charge in [0, 0.05) is 17.1 Å². The molecule has 0 aliphatic heterocycles. The van der Waals surface area contributed by atoms with Crippen molar-refractivity contribution in [2.75, 3.05) is 0 Å². The van der Waals surface area contributed by atoms with Crippen molar-refractivity contribution in [2.24, 2.45) is 0 Å². The van der Waals surface area contributed by atoms with Crippen LogP contribution in [0.25, 0.3) is 11.0 Å². The second-order valence-electron chi connectivity index (χ2n) is 6.87. The number of carbonyl (C=O) groups is 1. The van der Waals surface area contributed by atoms with Gasteiger partial charge < -0.3 is 9.88 Å². The monoisotopic (exact) mass is 407 g/mol. The number of benzene rings is 3. The lowest BCUT2D eigenvalue weighted by atomic mass is 10.2. The average molecular weight is 408 g/mol. The molecular weight excluding hydrogens is 389 g/mol. The number of rotatable bonds is 5. The molecule has 29 heavy (non-hydrogen) atoms. The maximum absolute atomic E-state index is 13.1. The van der Waals surface area contributed by atoms with Gasteiger partial charge in [-0.25, -0.2) is 9.37 Å². The van der Waals surface area contributed by atoms with Crippen LogP contribution < -0.4 is 5.32 Å². The molecule has 1 aromatic heterocycles. The lowest BCUT2D eigenvalue weighted by molar-refractivity contribution is 0.0937. The quantitative estimate of drug-likeness (QED) is 0.483. The number of hydrogen-bond donors (Lipinski definition) is 1. The van der Waals surface area contributed by atoms with Gasteiger partial charge in [-0.15, -0.1) is 0 Å². The second-order valence-corrected chi connectivity index (χ2v) is 7.31. The summed E-state index contributed by atoms with van der Waals surface area (Å²) in [6, 6.07) is 20.7. The van der Waals surface area contributed by atoms with Crippen molar-refractivity contribution in [1.82, 2.24) is 14.9 Å². The Hall–Kier alpha value is -3.18. The van der Waals surface area contributed by atoms with Crippen molar-refractivity contribution in [2.45, 2.75) is 19.5 Å². The number of hydrogen-bond acceptors (Lipinski definition) is 2. The van der Waals surface area contributed by atoms with E-state index in [0.717, 1.165) is 22.4 Å². The Kier molecular flexibility index (Phi) is 5.32. The summed E-state index contributed by atoms with van der Waals surface area (Å²) < 4.78 is 15.2. The number of nitrogens with one attached hydrogen (secondary N) is 1. The molecule has 4 aromatic rings. The summed E-state index contributed by atoms with van der Waals surface area (Å²) in [5.74, 6) is 0.0959. The molecule has 1 heterocycles. The maximum Gasteiger partial charge on any atom is 0.251 e. The molecule has 0 saturated heterocycles. The summed E-state index contributed by atoms with van der Waals surface area (Å²) in [6.07, 6.45) is 0. The fourth-order valence-corrected chi connectivity index (χ4v) is 3.44. The summed E-state index contributed by atoms with van der Waals surface area (Å²) in [5, 5.41) is 3.65. The highest BCUT2D eigenvalue weighted by Gasteiger charge is 2.19. The first kappa shape index (κ1) is 19.2. The number of amides is 1. The van der Waals surface area contributed by atoms with Crippen molar-refractivity contribution >= 4 is 28.5 Å². The van der Waals surface area contributed by atoms with E-state index >= 15 is 0 Å². The minimum atomic E-state index is -0.376. The number of fused-ring (bicyclic) bond motifs is 1. The third-order valence-corrected chi connectivity index (χ3v) is 5.03. The third-order valence-electron chi connectivity index (χ3n) is 4.78. The van der Waals surface area contributed by atoms with E-state index in [1.165, 1.54) is 24.3 Å². The molecule has 1 amide bonds. The molecule has 0 aliphatic rings. The van der Waals surface area contributed by atoms with Crippen LogP contribution in [0.15, 0.2) is 72.8 Å². The van der Waals surface area contributed by atoms with E-state index in [1.807, 2.05) is 55.5 Å². The van der Waals surface area contributed by atoms with Gasteiger partial charge in [0.1, 0.15) is 11.6 Å². The first-order valence-corrected chi connectivity index (χ1v) is 9.65. The molecule has 3 aromatic carbocycles. The van der Waals surface area contributed by atoms with Gasteiger partial charge >= 0.3 is 0 Å². The Balaban J connectivity index is 1.65. The Bertz CT molecular complexity index is 1150. The zero-order valence-corrected chi connectivity index (χ0v) is 16.5. The highest BCUT2D eigenvalue weighted by molar-refractivity contribution is 6.30. The van der Waals surface area contributed by atoms with Crippen LogP contribution in [0.5, 0.6) is 0 Å². The van der Waals surface area contributed by atoms with Gasteiger partial charge in [-0.05, 0) is 61.0 Å². The van der Waals surface area contributed by atoms with Gasteiger partial charge in [0.2, 0.25) is 0 Å². The molecule has 146 valence electrons. The molecule has 0 fully saturated rings. The Morgan fingerprint density at radius 1 is 1.07 bits per heavy atom. The van der Waals surface area contributed by atoms with Crippen LogP contribution in [-0.2, 0) is 6.54 Å². The van der Waals surface area contributed by atoms with Crippen LogP contribution in [0.2, 0.25) is 5.02 Å². The standard InChI is InChI=1S/C23H19ClFN3O/c1-15(26-23(29)17-8-12-19(25)13-9-17)22-27-20-4-2-3-5-21(20)28(22)14-16-6-10-18(24)11-7-16/h2-13,15H,14H2,1H3,(H,26,29). The van der Waals surface area contributed by atoms with Crippen LogP contribution in [0.1, 0.15) is 34.7 Å². The summed E-state index contributed by atoms with van der Waals surface area (Å²) in [4.78, 5) is 17.3. The molecule has 0 bridgehead atoms. The fraction of sp³-hybridized carbons (Fsp3) is 0.130. The smallest absolute Gasteiger partial charge is 0.251 e. The number of carbonyl (C=O) groups excluding carboxylic acids is 1. The van der Waals surface area contributed by atoms with Gasteiger partial charge in [0.25, 0.3) is 5.91 Å². The Morgan fingerprint density at radius 3 is 2.48 bits per heavy atom. The Labute approximate surface area is 173 Å². The van der Waals surface area contributed by atoms with Crippen LogP contribution >= 0.6 is 11.6 Å². The molecule has 0 spiro atoms. The second kappa shape index (κ2) is 8.05. The van der Waals surface area contributed by atoms with E-state index in [4.69, 9.17) is 16.6 Å². The molecule has 1 atom stereocenters. The van der Waals surface area contributed by atoms with Gasteiger partial charge in [-0.3, -0.25) is 4.79 Å². The minimum absolute atomic E-state index is 0.275. The van der Waals surface area contributed by atoms with Crippen molar-refractivity contribution in [1.29, 1.82) is 0 Å². The van der Waals surface area contributed by atoms with E-state index in [2.05, 4.69) is 9.88 Å². The van der Waals surface area contributed by atoms with E-state index < -0.39 is 0 Å². The Morgan fingerprint density at radius 2 is 1.76 bits per heavy atom. The van der Waals surface area contributed by atoms with Gasteiger partial charge in [0.05, 0.1) is 17.1 Å². The number of nitrogens with zero attached hydrogens (tertiary/aromatic N) is 2. The van der Waals surface area contributed by atoms with Crippen molar-refractivity contribution in [3.63, 3.8) is 0 Å². The van der Waals surface area contributed by atoms with E-state index in [9.17, 15) is 9.18 Å². The number of imidazole rings is 1. The van der Waals surface area contributed by atoms with Crippen molar-refractivity contribution < 1.29 is 9.18 Å². The summed E-state index contributed by atoms with van der Waals surface area (Å²) in [7, 11) is 0. The van der Waals surface area contributed by atoms with Gasteiger partial charge in [-0.2, -0.15) is 0 Å². The predicted octanol–water partition coefficient (Wildman–Crippen LogP) is 5.37. The predicted molar refractivity (Wildman–Crippen MR) is 113 cm³/mol. The molecule has 0 aliphatic carbocycles. The largest absolute Gasteiger partial charge is 0.342 e. The normalized spacial score (nSPS) is 12.1. The maximum atomic E-state index is 13.1. The minimum Gasteiger partial charge on any atom is -0.342 e. The van der Waals surface area contributed by atoms with Crippen molar-refractivity contribution in [3.05, 3.63) is 101 Å². The topological polar surface area (TPSA) is 46.9 Å². The van der Waals surface area contributed by atoms with E-state index in [-0.39, 0.29) is 17.8 Å². The summed E-state index contributed by atoms with van der Waals surface area (Å²) in [6.45, 7) is 2.49. The highest BCUT2D eigenvalue weighted by atomic mass is 35.5. The van der Waals surface area contributed by atoms with E-state index in [0.29, 0.717) is 17.1 Å². The molecule has 0 saturated carbocycles. The van der Waals surface area contributed by atoms with Crippen LogP contribution in [0.4, 0.5) is 4.39 Å². The van der Waals surface area contributed by atoms with E-state index in [1.54, 1.807) is 0 Å². The molecule has 6 heteroatoms. The summed E-state index contributed by atoms with van der Waals surface area (Å²) in [5.41, 5.74) is 3.33. The van der Waals surface area contributed by atoms with Gasteiger partial charge in [0.15, 0.2) is 0 Å². The summed E-state index contributed by atoms with van der Waals surface area (Å²) >= 11 is 6.01. The van der Waals surface area contributed by atoms with Crippen LogP contribution in [0.3, 0.4) is 0 Å². The lowest BCUT2D eigenvalue weighted by Gasteiger charge is -2.17. The first-order valence-electron chi connectivity index (χ1n) is 9.27. The van der Waals surface area contributed by atoms with Crippen LogP contribution in [-0.4, -0.2) is 15.5 Å². The molecular formula is C23H19ClFN3O. The average Bonchev–Trinajstić information content (AvgIpc) is 3.09. The number of para-hydroxylation sites is 2. The number of aromatic nitrogens is 2. The first-order chi connectivity index (χ1) is 14.0. The zero-order chi connectivity index (χ0) is 20.4. The zero-order valence-electron chi connectivity index (χ0n) is 15.8. The fourth-order valence-electron chi connectivity index (χ4n) is 3.31. The van der Waals surface area contributed by atoms with Crippen LogP contribution in [0, 0.1) is 5.82 Å².